The van der Waals surface area contributed by atoms with Crippen molar-refractivity contribution in [3.05, 3.63) is 58.3 Å². The fraction of sp³-hybridized carbons (Fsp3) is 0.633. The van der Waals surface area contributed by atoms with Crippen LogP contribution in [0, 0.1) is 24.2 Å². The molecule has 0 unspecified atom stereocenters. The van der Waals surface area contributed by atoms with E-state index in [9.17, 15) is 4.79 Å². The zero-order chi connectivity index (χ0) is 26.7. The summed E-state index contributed by atoms with van der Waals surface area (Å²) >= 11 is 1.91. The third-order valence-corrected chi connectivity index (χ3v) is 10.6. The van der Waals surface area contributed by atoms with Crippen LogP contribution in [0.25, 0.3) is 0 Å². The second-order valence-electron chi connectivity index (χ2n) is 12.2. The molecule has 210 valence electrons. The van der Waals surface area contributed by atoms with Crippen LogP contribution in [0.15, 0.2) is 36.2 Å². The normalized spacial score (nSPS) is 20.9. The van der Waals surface area contributed by atoms with Gasteiger partial charge in [0, 0.05) is 75.2 Å². The number of aryl methyl sites for hydroxylation is 1. The van der Waals surface area contributed by atoms with Crippen molar-refractivity contribution < 1.29 is 4.79 Å². The second-order valence-corrected chi connectivity index (χ2v) is 13.2. The molecule has 3 aromatic rings. The van der Waals surface area contributed by atoms with Crippen molar-refractivity contribution >= 4 is 17.2 Å². The lowest BCUT2D eigenvalue weighted by molar-refractivity contribution is -0.137. The molecule has 0 bridgehead atoms. The van der Waals surface area contributed by atoms with Gasteiger partial charge in [-0.05, 0) is 87.0 Å². The van der Waals surface area contributed by atoms with Gasteiger partial charge in [0.05, 0.1) is 5.92 Å². The number of H-pyrrole nitrogens is 2. The number of nitrogens with zero attached hydrogens (tertiary/aromatic N) is 5. The fourth-order valence-electron chi connectivity index (χ4n) is 7.04. The molecule has 1 amide bonds. The maximum Gasteiger partial charge on any atom is 0.226 e. The molecule has 0 atom stereocenters. The third kappa shape index (κ3) is 6.47. The highest BCUT2D eigenvalue weighted by molar-refractivity contribution is 7.10. The topological polar surface area (TPSA) is 84.2 Å². The standard InChI is InChI=1S/C30H43N7OS/c1-23-4-17-39-26(23)21-35-14-5-30(6-15-35)7-16-36(22-30)20-24-2-12-37(13-3-24)29(38)25(18-27-31-8-9-32-27)19-28-33-10-11-34-28/h4,8-11,17,24-25H,2-3,5-7,12-16,18-22H2,1H3,(H,31,32)(H,33,34). The van der Waals surface area contributed by atoms with Gasteiger partial charge in [-0.3, -0.25) is 9.69 Å². The smallest absolute Gasteiger partial charge is 0.226 e. The van der Waals surface area contributed by atoms with Crippen LogP contribution in [0.1, 0.15) is 54.2 Å². The highest BCUT2D eigenvalue weighted by atomic mass is 32.1. The van der Waals surface area contributed by atoms with Gasteiger partial charge in [0.1, 0.15) is 11.6 Å². The highest BCUT2D eigenvalue weighted by Gasteiger charge is 2.41. The molecule has 2 N–H and O–H groups in total. The SMILES string of the molecule is Cc1ccsc1CN1CCC2(CC1)CCN(CC1CCN(C(=O)C(Cc3ncc[nH]3)Cc3ncc[nH]3)CC1)C2. The van der Waals surface area contributed by atoms with E-state index in [0.717, 1.165) is 44.1 Å². The first-order chi connectivity index (χ1) is 19.1. The van der Waals surface area contributed by atoms with Crippen LogP contribution < -0.4 is 0 Å². The monoisotopic (exact) mass is 549 g/mol. The number of amides is 1. The average Bonchev–Trinajstić information content (AvgIpc) is 3.77. The summed E-state index contributed by atoms with van der Waals surface area (Å²) < 4.78 is 0. The quantitative estimate of drug-likeness (QED) is 0.419. The molecule has 0 aliphatic carbocycles. The van der Waals surface area contributed by atoms with Crippen molar-refractivity contribution in [3.63, 3.8) is 0 Å². The first-order valence-corrected chi connectivity index (χ1v) is 15.7. The lowest BCUT2D eigenvalue weighted by Crippen LogP contribution is -2.45. The minimum atomic E-state index is -0.146. The number of thiophene rings is 1. The van der Waals surface area contributed by atoms with E-state index in [0.29, 0.717) is 24.2 Å². The van der Waals surface area contributed by atoms with Crippen LogP contribution in [0.5, 0.6) is 0 Å². The number of rotatable bonds is 9. The number of likely N-dealkylation sites (tertiary alicyclic amines) is 3. The molecule has 3 aromatic heterocycles. The minimum absolute atomic E-state index is 0.146. The van der Waals surface area contributed by atoms with Crippen molar-refractivity contribution in [3.8, 4) is 0 Å². The van der Waals surface area contributed by atoms with E-state index in [2.05, 4.69) is 53.0 Å². The van der Waals surface area contributed by atoms with Gasteiger partial charge in [-0.15, -0.1) is 11.3 Å². The van der Waals surface area contributed by atoms with E-state index in [1.165, 1.54) is 62.4 Å². The Bertz CT molecular complexity index is 1140. The number of nitrogens with one attached hydrogen (secondary N) is 2. The molecular formula is C30H43N7OS. The van der Waals surface area contributed by atoms with Gasteiger partial charge in [0.25, 0.3) is 0 Å². The molecule has 3 aliphatic heterocycles. The summed E-state index contributed by atoms with van der Waals surface area (Å²) in [7, 11) is 0. The summed E-state index contributed by atoms with van der Waals surface area (Å²) in [5, 5.41) is 2.23. The van der Waals surface area contributed by atoms with Gasteiger partial charge in [0.15, 0.2) is 0 Å². The van der Waals surface area contributed by atoms with Crippen LogP contribution in [0.4, 0.5) is 0 Å². The molecule has 3 fully saturated rings. The Kier molecular flexibility index (Phi) is 8.18. The number of imidazole rings is 2. The molecule has 3 aliphatic rings. The Hall–Kier alpha value is -2.49. The number of hydrogen-bond donors (Lipinski definition) is 2. The van der Waals surface area contributed by atoms with Crippen LogP contribution in [0.3, 0.4) is 0 Å². The summed E-state index contributed by atoms with van der Waals surface area (Å²) in [6.07, 6.45) is 14.7. The third-order valence-electron chi connectivity index (χ3n) is 9.55. The minimum Gasteiger partial charge on any atom is -0.349 e. The van der Waals surface area contributed by atoms with E-state index in [-0.39, 0.29) is 11.8 Å². The predicted octanol–water partition coefficient (Wildman–Crippen LogP) is 4.13. The van der Waals surface area contributed by atoms with Gasteiger partial charge in [-0.1, -0.05) is 0 Å². The fourth-order valence-corrected chi connectivity index (χ4v) is 7.99. The number of carbonyl (C=O) groups excluding carboxylic acids is 1. The number of hydrogen-bond acceptors (Lipinski definition) is 6. The molecule has 0 saturated carbocycles. The molecule has 6 rings (SSSR count). The van der Waals surface area contributed by atoms with Crippen LogP contribution >= 0.6 is 11.3 Å². The van der Waals surface area contributed by atoms with Gasteiger partial charge >= 0.3 is 0 Å². The van der Waals surface area contributed by atoms with Crippen LogP contribution in [0.2, 0.25) is 0 Å². The average molecular weight is 550 g/mol. The Labute approximate surface area is 236 Å². The summed E-state index contributed by atoms with van der Waals surface area (Å²) in [6.45, 7) is 11.3. The van der Waals surface area contributed by atoms with Gasteiger partial charge in [0.2, 0.25) is 5.91 Å². The number of piperidine rings is 2. The second kappa shape index (κ2) is 11.9. The molecule has 3 saturated heterocycles. The lowest BCUT2D eigenvalue weighted by Gasteiger charge is -2.40. The molecular weight excluding hydrogens is 506 g/mol. The van der Waals surface area contributed by atoms with Crippen molar-refractivity contribution in [1.29, 1.82) is 0 Å². The van der Waals surface area contributed by atoms with Gasteiger partial charge < -0.3 is 19.8 Å². The van der Waals surface area contributed by atoms with Crippen molar-refractivity contribution in [2.75, 3.05) is 45.8 Å². The van der Waals surface area contributed by atoms with E-state index in [1.54, 1.807) is 12.4 Å². The van der Waals surface area contributed by atoms with E-state index in [1.807, 2.05) is 23.7 Å². The Morgan fingerprint density at radius 1 is 1.00 bits per heavy atom. The van der Waals surface area contributed by atoms with E-state index in [4.69, 9.17) is 0 Å². The molecule has 6 heterocycles. The maximum atomic E-state index is 13.6. The first-order valence-electron chi connectivity index (χ1n) is 14.8. The van der Waals surface area contributed by atoms with Crippen LogP contribution in [-0.2, 0) is 24.2 Å². The number of aromatic nitrogens is 4. The zero-order valence-corrected chi connectivity index (χ0v) is 24.1. The van der Waals surface area contributed by atoms with Crippen molar-refractivity contribution in [2.45, 2.75) is 58.4 Å². The predicted molar refractivity (Wildman–Crippen MR) is 154 cm³/mol. The van der Waals surface area contributed by atoms with Gasteiger partial charge in [-0.25, -0.2) is 9.97 Å². The summed E-state index contributed by atoms with van der Waals surface area (Å²) in [5.74, 6) is 2.52. The molecule has 0 radical (unpaired) electrons. The first kappa shape index (κ1) is 26.7. The molecule has 8 nitrogen and oxygen atoms in total. The van der Waals surface area contributed by atoms with Crippen molar-refractivity contribution in [2.24, 2.45) is 17.3 Å². The lowest BCUT2D eigenvalue weighted by atomic mass is 9.77. The largest absolute Gasteiger partial charge is 0.349 e. The summed E-state index contributed by atoms with van der Waals surface area (Å²) in [5.41, 5.74) is 1.98. The zero-order valence-electron chi connectivity index (χ0n) is 23.3. The molecule has 0 aromatic carbocycles. The summed E-state index contributed by atoms with van der Waals surface area (Å²) in [6, 6.07) is 2.25. The Morgan fingerprint density at radius 2 is 1.64 bits per heavy atom. The Balaban J connectivity index is 0.961. The maximum absolute atomic E-state index is 13.6. The van der Waals surface area contributed by atoms with Gasteiger partial charge in [-0.2, -0.15) is 0 Å². The van der Waals surface area contributed by atoms with E-state index >= 15 is 0 Å². The van der Waals surface area contributed by atoms with Crippen LogP contribution in [-0.4, -0.2) is 86.4 Å². The molecule has 1 spiro atoms. The summed E-state index contributed by atoms with van der Waals surface area (Å²) in [4.78, 5) is 37.7. The number of aromatic amines is 2. The molecule has 39 heavy (non-hydrogen) atoms. The Morgan fingerprint density at radius 3 is 2.21 bits per heavy atom. The van der Waals surface area contributed by atoms with E-state index < -0.39 is 0 Å². The van der Waals surface area contributed by atoms with Crippen molar-refractivity contribution in [1.82, 2.24) is 34.6 Å². The molecule has 9 heteroatoms. The highest BCUT2D eigenvalue weighted by Crippen LogP contribution is 2.41. The number of carbonyl (C=O) groups is 1.